The summed E-state index contributed by atoms with van der Waals surface area (Å²) >= 11 is 0. The molecule has 4 rings (SSSR count). The molecule has 174 valence electrons. The summed E-state index contributed by atoms with van der Waals surface area (Å²) < 4.78 is 5.90. The van der Waals surface area contributed by atoms with Gasteiger partial charge in [0, 0.05) is 73.7 Å². The van der Waals surface area contributed by atoms with Crippen LogP contribution in [-0.2, 0) is 24.4 Å². The molecule has 2 aliphatic heterocycles. The number of hydrogen-bond donors (Lipinski definition) is 3. The summed E-state index contributed by atoms with van der Waals surface area (Å²) in [6.07, 6.45) is 5.59. The topological polar surface area (TPSA) is 126 Å². The van der Waals surface area contributed by atoms with Crippen LogP contribution in [0.5, 0.6) is 5.88 Å². The molecule has 1 amide bonds. The first-order valence-electron chi connectivity index (χ1n) is 11.3. The van der Waals surface area contributed by atoms with Crippen molar-refractivity contribution in [2.24, 2.45) is 10.7 Å². The number of nitrogens with one attached hydrogen (secondary N) is 1. The Balaban J connectivity index is 1.50. The van der Waals surface area contributed by atoms with Crippen LogP contribution in [0.2, 0.25) is 0 Å². The maximum atomic E-state index is 13.0. The maximum absolute atomic E-state index is 13.0. The van der Waals surface area contributed by atoms with E-state index in [1.807, 2.05) is 19.2 Å². The van der Waals surface area contributed by atoms with Gasteiger partial charge in [0.15, 0.2) is 5.82 Å². The van der Waals surface area contributed by atoms with Crippen LogP contribution in [0.3, 0.4) is 0 Å². The van der Waals surface area contributed by atoms with Gasteiger partial charge in [-0.2, -0.15) is 4.98 Å². The zero-order valence-corrected chi connectivity index (χ0v) is 18.9. The minimum atomic E-state index is -0.147. The van der Waals surface area contributed by atoms with Gasteiger partial charge in [0.2, 0.25) is 11.8 Å². The number of carbonyl (C=O) groups excluding carboxylic acids is 1. The van der Waals surface area contributed by atoms with Crippen LogP contribution in [0, 0.1) is 0 Å². The summed E-state index contributed by atoms with van der Waals surface area (Å²) in [5.41, 5.74) is 10.6. The number of nitrogens with zero attached hydrogens (tertiary/aromatic N) is 4. The second-order valence-electron chi connectivity index (χ2n) is 8.19. The van der Waals surface area contributed by atoms with E-state index in [0.717, 1.165) is 37.2 Å². The normalized spacial score (nSPS) is 15.0. The second-order valence-corrected chi connectivity index (χ2v) is 8.19. The molecule has 2 aromatic rings. The predicted molar refractivity (Wildman–Crippen MR) is 126 cm³/mol. The lowest BCUT2D eigenvalue weighted by Gasteiger charge is -2.22. The quantitative estimate of drug-likeness (QED) is 0.559. The van der Waals surface area contributed by atoms with Gasteiger partial charge in [-0.05, 0) is 30.2 Å². The number of aliphatic hydroxyl groups is 1. The number of amidine groups is 1. The molecule has 4 heterocycles. The van der Waals surface area contributed by atoms with Crippen molar-refractivity contribution >= 4 is 23.6 Å². The summed E-state index contributed by atoms with van der Waals surface area (Å²) in [7, 11) is 0. The lowest BCUT2D eigenvalue weighted by atomic mass is 10.1. The molecule has 9 nitrogen and oxygen atoms in total. The summed E-state index contributed by atoms with van der Waals surface area (Å²) in [5.74, 6) is 1.01. The van der Waals surface area contributed by atoms with Gasteiger partial charge in [0.1, 0.15) is 12.4 Å². The molecule has 0 atom stereocenters. The van der Waals surface area contributed by atoms with Crippen molar-refractivity contribution in [1.82, 2.24) is 20.2 Å². The summed E-state index contributed by atoms with van der Waals surface area (Å²) in [6, 6.07) is 5.71. The monoisotopic (exact) mass is 450 g/mol. The van der Waals surface area contributed by atoms with Crippen molar-refractivity contribution in [2.75, 3.05) is 26.2 Å². The zero-order chi connectivity index (χ0) is 23.2. The lowest BCUT2D eigenvalue weighted by molar-refractivity contribution is -0.127. The summed E-state index contributed by atoms with van der Waals surface area (Å²) in [4.78, 5) is 28.1. The molecule has 0 saturated heterocycles. The number of rotatable bonds is 8. The molecule has 0 bridgehead atoms. The number of fused-ring (bicyclic) bond motifs is 2. The average Bonchev–Trinajstić information content (AvgIpc) is 2.99. The minimum absolute atomic E-state index is 0.0856. The summed E-state index contributed by atoms with van der Waals surface area (Å²) in [6.45, 7) is 4.88. The van der Waals surface area contributed by atoms with Crippen LogP contribution in [0.1, 0.15) is 42.1 Å². The maximum Gasteiger partial charge on any atom is 0.250 e. The molecular formula is C24H30N6O3. The molecule has 2 aromatic heterocycles. The largest absolute Gasteiger partial charge is 0.473 e. The Labute approximate surface area is 193 Å². The Kier molecular flexibility index (Phi) is 7.31. The number of pyridine rings is 2. The van der Waals surface area contributed by atoms with Gasteiger partial charge in [0.25, 0.3) is 0 Å². The third-order valence-electron chi connectivity index (χ3n) is 5.61. The van der Waals surface area contributed by atoms with Crippen LogP contribution in [0.15, 0.2) is 35.0 Å². The Morgan fingerprint density at radius 3 is 3.03 bits per heavy atom. The lowest BCUT2D eigenvalue weighted by Crippen LogP contribution is -2.36. The van der Waals surface area contributed by atoms with Crippen molar-refractivity contribution in [2.45, 2.75) is 39.3 Å². The van der Waals surface area contributed by atoms with E-state index in [4.69, 9.17) is 10.5 Å². The highest BCUT2D eigenvalue weighted by Gasteiger charge is 2.21. The molecular weight excluding hydrogens is 420 g/mol. The molecule has 0 aliphatic carbocycles. The Morgan fingerprint density at radius 1 is 1.33 bits per heavy atom. The van der Waals surface area contributed by atoms with E-state index >= 15 is 0 Å². The molecule has 0 aromatic carbocycles. The Morgan fingerprint density at radius 2 is 2.21 bits per heavy atom. The van der Waals surface area contributed by atoms with Gasteiger partial charge in [-0.1, -0.05) is 6.92 Å². The zero-order valence-electron chi connectivity index (χ0n) is 18.9. The molecule has 9 heteroatoms. The number of ether oxygens (including phenoxy) is 1. The molecule has 2 aliphatic rings. The number of amides is 1. The molecule has 0 saturated carbocycles. The minimum Gasteiger partial charge on any atom is -0.473 e. The molecule has 33 heavy (non-hydrogen) atoms. The molecule has 4 N–H and O–H groups in total. The number of hydrogen-bond acceptors (Lipinski definition) is 8. The van der Waals surface area contributed by atoms with Gasteiger partial charge in [-0.15, -0.1) is 0 Å². The van der Waals surface area contributed by atoms with E-state index in [2.05, 4.69) is 26.3 Å². The van der Waals surface area contributed by atoms with E-state index in [-0.39, 0.29) is 25.5 Å². The van der Waals surface area contributed by atoms with Gasteiger partial charge in [0.05, 0.1) is 6.61 Å². The van der Waals surface area contributed by atoms with Crippen molar-refractivity contribution < 1.29 is 14.6 Å². The second kappa shape index (κ2) is 10.5. The number of nitrogens with two attached hydrogens (primary N) is 1. The molecule has 0 unspecified atom stereocenters. The number of aliphatic hydroxyl groups excluding tert-OH is 1. The van der Waals surface area contributed by atoms with E-state index in [1.54, 1.807) is 17.0 Å². The fourth-order valence-corrected chi connectivity index (χ4v) is 4.01. The highest BCUT2D eigenvalue weighted by atomic mass is 16.5. The van der Waals surface area contributed by atoms with Crippen molar-refractivity contribution in [3.05, 3.63) is 52.4 Å². The van der Waals surface area contributed by atoms with Crippen LogP contribution in [0.25, 0.3) is 6.08 Å². The fourth-order valence-electron chi connectivity index (χ4n) is 4.01. The third kappa shape index (κ3) is 5.55. The van der Waals surface area contributed by atoms with Gasteiger partial charge >= 0.3 is 0 Å². The van der Waals surface area contributed by atoms with E-state index < -0.39 is 0 Å². The SMILES string of the molecule is CCCN(CCO)C(=O)C1=Cc2ccc(OCc3cnc4c(c3)CNCC4)nc2N=C(N)C1. The number of aliphatic imine (C=N–C) groups is 1. The van der Waals surface area contributed by atoms with Gasteiger partial charge in [-0.25, -0.2) is 4.99 Å². The van der Waals surface area contributed by atoms with Crippen LogP contribution in [0.4, 0.5) is 5.82 Å². The predicted octanol–water partition coefficient (Wildman–Crippen LogP) is 1.71. The van der Waals surface area contributed by atoms with Crippen LogP contribution >= 0.6 is 0 Å². The van der Waals surface area contributed by atoms with E-state index in [1.165, 1.54) is 5.56 Å². The van der Waals surface area contributed by atoms with E-state index in [9.17, 15) is 9.90 Å². The average molecular weight is 451 g/mol. The Bertz CT molecular complexity index is 1080. The van der Waals surface area contributed by atoms with Crippen LogP contribution in [-0.4, -0.2) is 58.0 Å². The number of aromatic nitrogens is 2. The first-order valence-corrected chi connectivity index (χ1v) is 11.3. The molecule has 0 radical (unpaired) electrons. The van der Waals surface area contributed by atoms with Crippen LogP contribution < -0.4 is 15.8 Å². The standard InChI is InChI=1S/C24H30N6O3/c1-2-7-30(8-9-31)24(32)18-11-17-3-4-22(29-23(17)28-21(25)12-18)33-15-16-10-19-14-26-6-5-20(19)27-13-16/h3-4,10-11,13,26,31H,2,5-9,12,14-15H2,1H3,(H2,25,28,29). The van der Waals surface area contributed by atoms with Gasteiger partial charge < -0.3 is 25.8 Å². The molecule has 0 spiro atoms. The Hall–Kier alpha value is -3.30. The van der Waals surface area contributed by atoms with Crippen molar-refractivity contribution in [3.63, 3.8) is 0 Å². The first kappa shape index (κ1) is 22.9. The van der Waals surface area contributed by atoms with Crippen molar-refractivity contribution in [1.29, 1.82) is 0 Å². The fraction of sp³-hybridized carbons (Fsp3) is 0.417. The number of carbonyl (C=O) groups is 1. The highest BCUT2D eigenvalue weighted by Crippen LogP contribution is 2.28. The third-order valence-corrected chi connectivity index (χ3v) is 5.61. The smallest absolute Gasteiger partial charge is 0.250 e. The summed E-state index contributed by atoms with van der Waals surface area (Å²) in [5, 5.41) is 12.7. The van der Waals surface area contributed by atoms with E-state index in [0.29, 0.717) is 41.8 Å². The highest BCUT2D eigenvalue weighted by molar-refractivity contribution is 6.05. The first-order chi connectivity index (χ1) is 16.1. The van der Waals surface area contributed by atoms with Gasteiger partial charge in [-0.3, -0.25) is 9.78 Å². The van der Waals surface area contributed by atoms with Crippen molar-refractivity contribution in [3.8, 4) is 5.88 Å². The molecule has 0 fully saturated rings.